The van der Waals surface area contributed by atoms with Gasteiger partial charge in [-0.1, -0.05) is 12.1 Å². The number of carbonyl (C=O) groups excluding carboxylic acids is 1. The maximum Gasteiger partial charge on any atom is 0.224 e. The highest BCUT2D eigenvalue weighted by atomic mass is 16.5. The SMILES string of the molecule is COCCCOc1ccccc1NC(=O)CC1CC2CCC(C1)N2. The summed E-state index contributed by atoms with van der Waals surface area (Å²) in [5.41, 5.74) is 0.761. The van der Waals surface area contributed by atoms with Crippen molar-refractivity contribution >= 4 is 11.6 Å². The molecule has 0 aromatic heterocycles. The number of rotatable bonds is 8. The third kappa shape index (κ3) is 4.71. The lowest BCUT2D eigenvalue weighted by Crippen LogP contribution is -2.39. The molecule has 2 aliphatic heterocycles. The summed E-state index contributed by atoms with van der Waals surface area (Å²) in [5.74, 6) is 1.32. The van der Waals surface area contributed by atoms with Gasteiger partial charge in [-0.15, -0.1) is 0 Å². The molecular formula is C19H28N2O3. The minimum atomic E-state index is 0.0919. The predicted molar refractivity (Wildman–Crippen MR) is 94.3 cm³/mol. The molecule has 2 atom stereocenters. The van der Waals surface area contributed by atoms with E-state index in [0.29, 0.717) is 37.6 Å². The number of carbonyl (C=O) groups is 1. The molecule has 5 nitrogen and oxygen atoms in total. The summed E-state index contributed by atoms with van der Waals surface area (Å²) in [6, 6.07) is 8.88. The topological polar surface area (TPSA) is 59.6 Å². The number of anilines is 1. The van der Waals surface area contributed by atoms with Crippen LogP contribution >= 0.6 is 0 Å². The van der Waals surface area contributed by atoms with Crippen LogP contribution in [0.3, 0.4) is 0 Å². The molecule has 2 fully saturated rings. The van der Waals surface area contributed by atoms with Crippen molar-refractivity contribution in [2.24, 2.45) is 5.92 Å². The van der Waals surface area contributed by atoms with Crippen molar-refractivity contribution in [2.45, 2.75) is 50.6 Å². The number of hydrogen-bond acceptors (Lipinski definition) is 4. The van der Waals surface area contributed by atoms with Gasteiger partial charge in [-0.05, 0) is 43.7 Å². The van der Waals surface area contributed by atoms with Crippen molar-refractivity contribution in [3.8, 4) is 5.75 Å². The summed E-state index contributed by atoms with van der Waals surface area (Å²) in [6.07, 6.45) is 6.21. The van der Waals surface area contributed by atoms with E-state index < -0.39 is 0 Å². The van der Waals surface area contributed by atoms with Crippen LogP contribution in [-0.4, -0.2) is 38.3 Å². The van der Waals surface area contributed by atoms with Crippen LogP contribution in [-0.2, 0) is 9.53 Å². The van der Waals surface area contributed by atoms with Crippen LogP contribution < -0.4 is 15.4 Å². The first-order valence-electron chi connectivity index (χ1n) is 9.01. The first-order valence-corrected chi connectivity index (χ1v) is 9.01. The van der Waals surface area contributed by atoms with Crippen LogP contribution in [0, 0.1) is 5.92 Å². The maximum absolute atomic E-state index is 12.4. The number of methoxy groups -OCH3 is 1. The van der Waals surface area contributed by atoms with Crippen LogP contribution in [0.25, 0.3) is 0 Å². The van der Waals surface area contributed by atoms with Gasteiger partial charge in [0.1, 0.15) is 5.75 Å². The quantitative estimate of drug-likeness (QED) is 0.719. The molecule has 0 radical (unpaired) electrons. The molecule has 3 rings (SSSR count). The first-order chi connectivity index (χ1) is 11.7. The summed E-state index contributed by atoms with van der Waals surface area (Å²) in [4.78, 5) is 12.4. The molecule has 0 spiro atoms. The van der Waals surface area contributed by atoms with Gasteiger partial charge in [0, 0.05) is 38.6 Å². The van der Waals surface area contributed by atoms with Gasteiger partial charge in [-0.2, -0.15) is 0 Å². The standard InChI is InChI=1S/C19H28N2O3/c1-23-9-4-10-24-18-6-3-2-5-17(18)21-19(22)13-14-11-15-7-8-16(12-14)20-15/h2-3,5-6,14-16,20H,4,7-13H2,1H3,(H,21,22). The zero-order valence-corrected chi connectivity index (χ0v) is 14.4. The molecule has 1 amide bonds. The van der Waals surface area contributed by atoms with Gasteiger partial charge in [-0.25, -0.2) is 0 Å². The molecule has 5 heteroatoms. The lowest BCUT2D eigenvalue weighted by molar-refractivity contribution is -0.117. The molecular weight excluding hydrogens is 304 g/mol. The molecule has 2 N–H and O–H groups in total. The van der Waals surface area contributed by atoms with E-state index in [1.165, 1.54) is 12.8 Å². The van der Waals surface area contributed by atoms with Crippen molar-refractivity contribution < 1.29 is 14.3 Å². The van der Waals surface area contributed by atoms with Crippen LogP contribution in [0.15, 0.2) is 24.3 Å². The molecule has 2 saturated heterocycles. The van der Waals surface area contributed by atoms with Gasteiger partial charge in [0.15, 0.2) is 0 Å². The van der Waals surface area contributed by atoms with Crippen LogP contribution in [0.2, 0.25) is 0 Å². The van der Waals surface area contributed by atoms with E-state index >= 15 is 0 Å². The highest BCUT2D eigenvalue weighted by Gasteiger charge is 2.34. The molecule has 1 aromatic rings. The Morgan fingerprint density at radius 2 is 1.96 bits per heavy atom. The molecule has 0 saturated carbocycles. The van der Waals surface area contributed by atoms with E-state index in [2.05, 4.69) is 10.6 Å². The van der Waals surface area contributed by atoms with Crippen molar-refractivity contribution in [3.05, 3.63) is 24.3 Å². The van der Waals surface area contributed by atoms with E-state index in [-0.39, 0.29) is 5.91 Å². The molecule has 1 aromatic carbocycles. The van der Waals surface area contributed by atoms with E-state index in [1.807, 2.05) is 24.3 Å². The summed E-state index contributed by atoms with van der Waals surface area (Å²) >= 11 is 0. The Kier molecular flexibility index (Phi) is 6.10. The Balaban J connectivity index is 1.50. The minimum absolute atomic E-state index is 0.0919. The normalized spacial score (nSPS) is 25.5. The number of ether oxygens (including phenoxy) is 2. The van der Waals surface area contributed by atoms with E-state index in [0.717, 1.165) is 30.7 Å². The summed E-state index contributed by atoms with van der Waals surface area (Å²) in [7, 11) is 1.68. The molecule has 2 aliphatic rings. The second-order valence-electron chi connectivity index (χ2n) is 6.92. The molecule has 2 heterocycles. The van der Waals surface area contributed by atoms with Crippen molar-refractivity contribution in [1.29, 1.82) is 0 Å². The monoisotopic (exact) mass is 332 g/mol. The number of nitrogens with one attached hydrogen (secondary N) is 2. The van der Waals surface area contributed by atoms with Gasteiger partial charge < -0.3 is 20.1 Å². The van der Waals surface area contributed by atoms with E-state index in [9.17, 15) is 4.79 Å². The largest absolute Gasteiger partial charge is 0.491 e. The Bertz CT molecular complexity index is 537. The lowest BCUT2D eigenvalue weighted by Gasteiger charge is -2.28. The first kappa shape index (κ1) is 17.2. The van der Waals surface area contributed by atoms with Gasteiger partial charge in [0.05, 0.1) is 12.3 Å². The number of fused-ring (bicyclic) bond motifs is 2. The van der Waals surface area contributed by atoms with Gasteiger partial charge in [0.2, 0.25) is 5.91 Å². The smallest absolute Gasteiger partial charge is 0.224 e. The molecule has 2 bridgehead atoms. The minimum Gasteiger partial charge on any atom is -0.491 e. The van der Waals surface area contributed by atoms with E-state index in [4.69, 9.17) is 9.47 Å². The zero-order valence-electron chi connectivity index (χ0n) is 14.4. The molecule has 0 aliphatic carbocycles. The molecule has 24 heavy (non-hydrogen) atoms. The Labute approximate surface area is 144 Å². The Hall–Kier alpha value is -1.59. The van der Waals surface area contributed by atoms with E-state index in [1.54, 1.807) is 7.11 Å². The average molecular weight is 332 g/mol. The Morgan fingerprint density at radius 3 is 2.71 bits per heavy atom. The predicted octanol–water partition coefficient (Wildman–Crippen LogP) is 2.96. The zero-order chi connectivity index (χ0) is 16.8. The Morgan fingerprint density at radius 1 is 1.21 bits per heavy atom. The van der Waals surface area contributed by atoms with Crippen molar-refractivity contribution in [1.82, 2.24) is 5.32 Å². The molecule has 2 unspecified atom stereocenters. The lowest BCUT2D eigenvalue weighted by atomic mass is 9.89. The van der Waals surface area contributed by atoms with Gasteiger partial charge in [0.25, 0.3) is 0 Å². The number of hydrogen-bond donors (Lipinski definition) is 2. The number of piperidine rings is 1. The summed E-state index contributed by atoms with van der Waals surface area (Å²) in [6.45, 7) is 1.25. The second-order valence-corrected chi connectivity index (χ2v) is 6.92. The summed E-state index contributed by atoms with van der Waals surface area (Å²) < 4.78 is 10.8. The van der Waals surface area contributed by atoms with Crippen LogP contribution in [0.4, 0.5) is 5.69 Å². The van der Waals surface area contributed by atoms with Crippen LogP contribution in [0.1, 0.15) is 38.5 Å². The van der Waals surface area contributed by atoms with Crippen molar-refractivity contribution in [3.63, 3.8) is 0 Å². The molecule has 132 valence electrons. The summed E-state index contributed by atoms with van der Waals surface area (Å²) in [5, 5.41) is 6.66. The third-order valence-electron chi connectivity index (χ3n) is 4.96. The number of amides is 1. The maximum atomic E-state index is 12.4. The van der Waals surface area contributed by atoms with Crippen LogP contribution in [0.5, 0.6) is 5.75 Å². The highest BCUT2D eigenvalue weighted by molar-refractivity contribution is 5.92. The number of para-hydroxylation sites is 2. The van der Waals surface area contributed by atoms with Gasteiger partial charge >= 0.3 is 0 Å². The van der Waals surface area contributed by atoms with Gasteiger partial charge in [-0.3, -0.25) is 4.79 Å². The number of benzene rings is 1. The third-order valence-corrected chi connectivity index (χ3v) is 4.96. The fourth-order valence-corrected chi connectivity index (χ4v) is 3.89. The fourth-order valence-electron chi connectivity index (χ4n) is 3.89. The second kappa shape index (κ2) is 8.49. The highest BCUT2D eigenvalue weighted by Crippen LogP contribution is 2.33. The van der Waals surface area contributed by atoms with Crippen molar-refractivity contribution in [2.75, 3.05) is 25.6 Å². The average Bonchev–Trinajstić information content (AvgIpc) is 2.91. The fraction of sp³-hybridized carbons (Fsp3) is 0.632.